The van der Waals surface area contributed by atoms with Crippen LogP contribution in [-0.2, 0) is 10.0 Å². The molecule has 6 heteroatoms. The molecule has 2 aromatic rings. The zero-order valence-electron chi connectivity index (χ0n) is 14.4. The number of halogens is 1. The Kier molecular flexibility index (Phi) is 5.78. The molecule has 1 N–H and O–H groups in total. The lowest BCUT2D eigenvalue weighted by molar-refractivity contribution is 0.600. The van der Waals surface area contributed by atoms with Crippen LogP contribution in [0, 0.1) is 13.8 Å². The molecule has 4 nitrogen and oxygen atoms in total. The third-order valence-electron chi connectivity index (χ3n) is 3.99. The molecule has 0 atom stereocenters. The maximum absolute atomic E-state index is 12.7. The average molecular weight is 367 g/mol. The lowest BCUT2D eigenvalue weighted by Crippen LogP contribution is -2.21. The van der Waals surface area contributed by atoms with Crippen molar-refractivity contribution in [3.8, 4) is 0 Å². The molecule has 2 rings (SSSR count). The molecule has 0 aliphatic heterocycles. The van der Waals surface area contributed by atoms with Crippen molar-refractivity contribution < 1.29 is 8.42 Å². The number of hydrogen-bond donors (Lipinski definition) is 1. The molecular formula is C18H23ClN2O2S. The third-order valence-corrected chi connectivity index (χ3v) is 5.92. The standard InChI is InChI=1S/C18H23ClN2O2S/c1-5-21(6-2)16-9-7-15(8-10-16)20-24(22,23)18-12-13(3)17(19)11-14(18)4/h7-12,20H,5-6H2,1-4H3. The number of nitrogens with zero attached hydrogens (tertiary/aromatic N) is 1. The molecule has 24 heavy (non-hydrogen) atoms. The molecular weight excluding hydrogens is 344 g/mol. The van der Waals surface area contributed by atoms with E-state index in [2.05, 4.69) is 23.5 Å². The van der Waals surface area contributed by atoms with Crippen molar-refractivity contribution in [3.05, 3.63) is 52.5 Å². The van der Waals surface area contributed by atoms with Crippen LogP contribution in [0.3, 0.4) is 0 Å². The predicted molar refractivity (Wildman–Crippen MR) is 102 cm³/mol. The van der Waals surface area contributed by atoms with Gasteiger partial charge in [0, 0.05) is 29.5 Å². The van der Waals surface area contributed by atoms with Gasteiger partial charge >= 0.3 is 0 Å². The van der Waals surface area contributed by atoms with E-state index in [-0.39, 0.29) is 4.90 Å². The Morgan fingerprint density at radius 1 is 1.00 bits per heavy atom. The molecule has 0 aliphatic rings. The highest BCUT2D eigenvalue weighted by Crippen LogP contribution is 2.26. The molecule has 0 heterocycles. The fourth-order valence-corrected chi connectivity index (χ4v) is 4.17. The summed E-state index contributed by atoms with van der Waals surface area (Å²) in [7, 11) is -3.65. The zero-order chi connectivity index (χ0) is 17.9. The highest BCUT2D eigenvalue weighted by Gasteiger charge is 2.18. The Morgan fingerprint density at radius 3 is 2.12 bits per heavy atom. The van der Waals surface area contributed by atoms with E-state index in [1.165, 1.54) is 0 Å². The fourth-order valence-electron chi connectivity index (χ4n) is 2.58. The first-order chi connectivity index (χ1) is 11.3. The monoisotopic (exact) mass is 366 g/mol. The van der Waals surface area contributed by atoms with E-state index in [1.807, 2.05) is 12.1 Å². The van der Waals surface area contributed by atoms with E-state index < -0.39 is 10.0 Å². The summed E-state index contributed by atoms with van der Waals surface area (Å²) in [6.07, 6.45) is 0. The molecule has 0 spiro atoms. The summed E-state index contributed by atoms with van der Waals surface area (Å²) in [5.74, 6) is 0. The molecule has 0 radical (unpaired) electrons. The molecule has 0 saturated heterocycles. The summed E-state index contributed by atoms with van der Waals surface area (Å²) in [5.41, 5.74) is 2.97. The number of hydrogen-bond acceptors (Lipinski definition) is 3. The van der Waals surface area contributed by atoms with E-state index in [0.29, 0.717) is 16.3 Å². The van der Waals surface area contributed by atoms with Crippen molar-refractivity contribution in [3.63, 3.8) is 0 Å². The summed E-state index contributed by atoms with van der Waals surface area (Å²) < 4.78 is 27.9. The van der Waals surface area contributed by atoms with Gasteiger partial charge in [0.2, 0.25) is 0 Å². The minimum atomic E-state index is -3.65. The Labute approximate surface area is 149 Å². The molecule has 0 saturated carbocycles. The van der Waals surface area contributed by atoms with Crippen molar-refractivity contribution in [2.45, 2.75) is 32.6 Å². The number of aryl methyl sites for hydroxylation is 2. The van der Waals surface area contributed by atoms with Crippen LogP contribution in [0.4, 0.5) is 11.4 Å². The van der Waals surface area contributed by atoms with Crippen molar-refractivity contribution >= 4 is 33.0 Å². The van der Waals surface area contributed by atoms with Crippen molar-refractivity contribution in [1.29, 1.82) is 0 Å². The Hall–Kier alpha value is -1.72. The first-order valence-electron chi connectivity index (χ1n) is 7.93. The van der Waals surface area contributed by atoms with Crippen LogP contribution in [0.1, 0.15) is 25.0 Å². The lowest BCUT2D eigenvalue weighted by Gasteiger charge is -2.21. The minimum absolute atomic E-state index is 0.247. The first kappa shape index (κ1) is 18.6. The van der Waals surface area contributed by atoms with Gasteiger partial charge in [0.1, 0.15) is 0 Å². The van der Waals surface area contributed by atoms with Crippen molar-refractivity contribution in [2.24, 2.45) is 0 Å². The van der Waals surface area contributed by atoms with Crippen LogP contribution in [0.2, 0.25) is 5.02 Å². The lowest BCUT2D eigenvalue weighted by atomic mass is 10.2. The summed E-state index contributed by atoms with van der Waals surface area (Å²) in [6, 6.07) is 10.7. The van der Waals surface area contributed by atoms with Gasteiger partial charge in [0.25, 0.3) is 10.0 Å². The topological polar surface area (TPSA) is 49.4 Å². The maximum Gasteiger partial charge on any atom is 0.262 e. The van der Waals surface area contributed by atoms with Crippen LogP contribution in [0.5, 0.6) is 0 Å². The van der Waals surface area contributed by atoms with Crippen LogP contribution in [-0.4, -0.2) is 21.5 Å². The largest absolute Gasteiger partial charge is 0.372 e. The first-order valence-corrected chi connectivity index (χ1v) is 9.79. The summed E-state index contributed by atoms with van der Waals surface area (Å²) >= 11 is 6.05. The van der Waals surface area contributed by atoms with E-state index in [9.17, 15) is 8.42 Å². The average Bonchev–Trinajstić information content (AvgIpc) is 2.53. The van der Waals surface area contributed by atoms with Crippen LogP contribution >= 0.6 is 11.6 Å². The number of sulfonamides is 1. The number of nitrogens with one attached hydrogen (secondary N) is 1. The summed E-state index contributed by atoms with van der Waals surface area (Å²) in [6.45, 7) is 9.52. The fraction of sp³-hybridized carbons (Fsp3) is 0.333. The Morgan fingerprint density at radius 2 is 1.58 bits per heavy atom. The van der Waals surface area contributed by atoms with Crippen LogP contribution in [0.25, 0.3) is 0 Å². The zero-order valence-corrected chi connectivity index (χ0v) is 16.0. The minimum Gasteiger partial charge on any atom is -0.372 e. The van der Waals surface area contributed by atoms with Gasteiger partial charge < -0.3 is 4.90 Å². The van der Waals surface area contributed by atoms with Gasteiger partial charge in [-0.2, -0.15) is 0 Å². The van der Waals surface area contributed by atoms with Gasteiger partial charge in [-0.15, -0.1) is 0 Å². The molecule has 0 amide bonds. The van der Waals surface area contributed by atoms with Crippen molar-refractivity contribution in [1.82, 2.24) is 0 Å². The third kappa shape index (κ3) is 4.02. The van der Waals surface area contributed by atoms with Gasteiger partial charge in [-0.3, -0.25) is 4.72 Å². The van der Waals surface area contributed by atoms with Gasteiger partial charge in [-0.25, -0.2) is 8.42 Å². The van der Waals surface area contributed by atoms with E-state index in [4.69, 9.17) is 11.6 Å². The number of rotatable bonds is 6. The molecule has 0 aromatic heterocycles. The molecule has 130 valence electrons. The highest BCUT2D eigenvalue weighted by atomic mass is 35.5. The highest BCUT2D eigenvalue weighted by molar-refractivity contribution is 7.92. The van der Waals surface area contributed by atoms with Crippen molar-refractivity contribution in [2.75, 3.05) is 22.7 Å². The van der Waals surface area contributed by atoms with E-state index in [1.54, 1.807) is 38.1 Å². The van der Waals surface area contributed by atoms with E-state index in [0.717, 1.165) is 24.3 Å². The molecule has 2 aromatic carbocycles. The number of benzene rings is 2. The second kappa shape index (κ2) is 7.45. The second-order valence-electron chi connectivity index (χ2n) is 5.69. The normalized spacial score (nSPS) is 11.4. The molecule has 0 bridgehead atoms. The Bertz CT molecular complexity index is 814. The van der Waals surface area contributed by atoms with Gasteiger partial charge in [-0.1, -0.05) is 11.6 Å². The molecule has 0 fully saturated rings. The summed E-state index contributed by atoms with van der Waals surface area (Å²) in [5, 5.41) is 0.565. The SMILES string of the molecule is CCN(CC)c1ccc(NS(=O)(=O)c2cc(C)c(Cl)cc2C)cc1. The molecule has 0 aliphatic carbocycles. The van der Waals surface area contributed by atoms with Gasteiger partial charge in [0.05, 0.1) is 4.90 Å². The van der Waals surface area contributed by atoms with E-state index >= 15 is 0 Å². The smallest absolute Gasteiger partial charge is 0.262 e. The maximum atomic E-state index is 12.7. The number of anilines is 2. The quantitative estimate of drug-likeness (QED) is 0.812. The second-order valence-corrected chi connectivity index (χ2v) is 7.75. The molecule has 0 unspecified atom stereocenters. The van der Waals surface area contributed by atoms with Crippen LogP contribution in [0.15, 0.2) is 41.3 Å². The van der Waals surface area contributed by atoms with Gasteiger partial charge in [0.15, 0.2) is 0 Å². The predicted octanol–water partition coefficient (Wildman–Crippen LogP) is 4.60. The van der Waals surface area contributed by atoms with Crippen LogP contribution < -0.4 is 9.62 Å². The summed E-state index contributed by atoms with van der Waals surface area (Å²) in [4.78, 5) is 2.45. The Balaban J connectivity index is 2.28. The van der Waals surface area contributed by atoms with Gasteiger partial charge in [-0.05, 0) is 75.2 Å².